The van der Waals surface area contributed by atoms with Crippen molar-refractivity contribution in [1.82, 2.24) is 4.98 Å². The number of carbonyl (C=O) groups excluding carboxylic acids is 1. The van der Waals surface area contributed by atoms with Gasteiger partial charge in [-0.05, 0) is 62.4 Å². The molecule has 0 aliphatic heterocycles. The average Bonchev–Trinajstić information content (AvgIpc) is 3.17. The van der Waals surface area contributed by atoms with Crippen LogP contribution in [0.15, 0.2) is 82.6 Å². The van der Waals surface area contributed by atoms with E-state index >= 15 is 0 Å². The Morgan fingerprint density at radius 1 is 1.00 bits per heavy atom. The van der Waals surface area contributed by atoms with Crippen molar-refractivity contribution >= 4 is 60.1 Å². The fourth-order valence-corrected chi connectivity index (χ4v) is 5.72. The second kappa shape index (κ2) is 9.32. The van der Waals surface area contributed by atoms with Gasteiger partial charge in [-0.25, -0.2) is 13.4 Å². The number of fused-ring (bicyclic) bond motifs is 1. The number of para-hydroxylation sites is 1. The molecule has 32 heavy (non-hydrogen) atoms. The molecule has 2 N–H and O–H groups in total. The van der Waals surface area contributed by atoms with Crippen LogP contribution in [0.4, 0.5) is 10.8 Å². The summed E-state index contributed by atoms with van der Waals surface area (Å²) in [6, 6.07) is 21.4. The molecule has 6 nitrogen and oxygen atoms in total. The van der Waals surface area contributed by atoms with E-state index in [1.54, 1.807) is 48.5 Å². The van der Waals surface area contributed by atoms with Crippen molar-refractivity contribution < 1.29 is 13.2 Å². The molecule has 0 radical (unpaired) electrons. The fourth-order valence-electron chi connectivity index (χ4n) is 2.92. The average molecular weight is 484 g/mol. The lowest BCUT2D eigenvalue weighted by Gasteiger charge is -2.12. The van der Waals surface area contributed by atoms with Crippen molar-refractivity contribution in [3.8, 4) is 0 Å². The van der Waals surface area contributed by atoms with Gasteiger partial charge >= 0.3 is 0 Å². The standard InChI is InChI=1S/C23H21N3O3S3/c1-15-7-13-19(14-8-15)32(28,29)26-17-9-11-18(12-10-17)30-16(2)22(27)25-23-24-20-5-3-4-6-21(20)31-23/h3-14,16,26H,1-2H3,(H,24,25,27). The van der Waals surface area contributed by atoms with Crippen molar-refractivity contribution in [3.05, 3.63) is 78.4 Å². The van der Waals surface area contributed by atoms with Gasteiger partial charge in [0.2, 0.25) is 5.91 Å². The summed E-state index contributed by atoms with van der Waals surface area (Å²) in [5.41, 5.74) is 2.31. The molecular weight excluding hydrogens is 462 g/mol. The van der Waals surface area contributed by atoms with Gasteiger partial charge < -0.3 is 5.32 Å². The summed E-state index contributed by atoms with van der Waals surface area (Å²) < 4.78 is 28.7. The Kier molecular flexibility index (Phi) is 6.50. The fraction of sp³-hybridized carbons (Fsp3) is 0.130. The second-order valence-electron chi connectivity index (χ2n) is 7.18. The maximum absolute atomic E-state index is 12.6. The molecule has 3 aromatic carbocycles. The summed E-state index contributed by atoms with van der Waals surface area (Å²) in [4.78, 5) is 18.1. The third kappa shape index (κ3) is 5.29. The highest BCUT2D eigenvalue weighted by atomic mass is 32.2. The minimum atomic E-state index is -3.65. The topological polar surface area (TPSA) is 88.2 Å². The van der Waals surface area contributed by atoms with Crippen molar-refractivity contribution in [2.45, 2.75) is 28.9 Å². The SMILES string of the molecule is Cc1ccc(S(=O)(=O)Nc2ccc(SC(C)C(=O)Nc3nc4ccccc4s3)cc2)cc1. The predicted octanol–water partition coefficient (Wildman–Crippen LogP) is 5.52. The lowest BCUT2D eigenvalue weighted by molar-refractivity contribution is -0.115. The Hall–Kier alpha value is -2.88. The molecule has 0 saturated carbocycles. The van der Waals surface area contributed by atoms with Crippen LogP contribution in [0.3, 0.4) is 0 Å². The van der Waals surface area contributed by atoms with Gasteiger partial charge in [0, 0.05) is 10.6 Å². The number of aryl methyl sites for hydroxylation is 1. The highest BCUT2D eigenvalue weighted by Crippen LogP contribution is 2.29. The van der Waals surface area contributed by atoms with Crippen molar-refractivity contribution in [1.29, 1.82) is 0 Å². The van der Waals surface area contributed by atoms with Crippen LogP contribution in [0.2, 0.25) is 0 Å². The molecule has 1 atom stereocenters. The number of aromatic nitrogens is 1. The number of carbonyl (C=O) groups is 1. The Morgan fingerprint density at radius 3 is 2.38 bits per heavy atom. The van der Waals surface area contributed by atoms with Crippen molar-refractivity contribution in [2.75, 3.05) is 10.0 Å². The molecule has 164 valence electrons. The van der Waals surface area contributed by atoms with E-state index in [1.807, 2.05) is 38.1 Å². The van der Waals surface area contributed by atoms with Gasteiger partial charge in [-0.2, -0.15) is 0 Å². The predicted molar refractivity (Wildman–Crippen MR) is 132 cm³/mol. The highest BCUT2D eigenvalue weighted by Gasteiger charge is 2.17. The summed E-state index contributed by atoms with van der Waals surface area (Å²) in [5, 5.41) is 3.10. The van der Waals surface area contributed by atoms with Gasteiger partial charge in [0.1, 0.15) is 0 Å². The molecule has 1 unspecified atom stereocenters. The maximum Gasteiger partial charge on any atom is 0.261 e. The first-order valence-electron chi connectivity index (χ1n) is 9.83. The zero-order valence-electron chi connectivity index (χ0n) is 17.4. The second-order valence-corrected chi connectivity index (χ2v) is 11.3. The third-order valence-corrected chi connectivity index (χ3v) is 8.10. The number of nitrogens with zero attached hydrogens (tertiary/aromatic N) is 1. The maximum atomic E-state index is 12.6. The molecule has 0 aliphatic carbocycles. The number of hydrogen-bond acceptors (Lipinski definition) is 6. The molecule has 1 aromatic heterocycles. The molecule has 4 aromatic rings. The molecule has 4 rings (SSSR count). The Balaban J connectivity index is 1.37. The van der Waals surface area contributed by atoms with Gasteiger partial charge in [0.15, 0.2) is 5.13 Å². The van der Waals surface area contributed by atoms with Crippen LogP contribution in [0.1, 0.15) is 12.5 Å². The molecule has 0 fully saturated rings. The number of anilines is 2. The van der Waals surface area contributed by atoms with Crippen LogP contribution in [0.25, 0.3) is 10.2 Å². The van der Waals surface area contributed by atoms with Gasteiger partial charge in [0.05, 0.1) is 20.4 Å². The van der Waals surface area contributed by atoms with Gasteiger partial charge in [-0.1, -0.05) is 41.2 Å². The van der Waals surface area contributed by atoms with E-state index in [0.717, 1.165) is 20.7 Å². The molecular formula is C23H21N3O3S3. The van der Waals surface area contributed by atoms with Gasteiger partial charge in [-0.15, -0.1) is 11.8 Å². The number of nitrogens with one attached hydrogen (secondary N) is 2. The summed E-state index contributed by atoms with van der Waals surface area (Å²) in [7, 11) is -3.65. The van der Waals surface area contributed by atoms with Crippen LogP contribution in [0.5, 0.6) is 0 Å². The van der Waals surface area contributed by atoms with Crippen molar-refractivity contribution in [3.63, 3.8) is 0 Å². The number of thioether (sulfide) groups is 1. The van der Waals surface area contributed by atoms with E-state index in [4.69, 9.17) is 0 Å². The largest absolute Gasteiger partial charge is 0.301 e. The molecule has 1 amide bonds. The highest BCUT2D eigenvalue weighted by molar-refractivity contribution is 8.00. The van der Waals surface area contributed by atoms with Crippen LogP contribution in [0, 0.1) is 6.92 Å². The van der Waals surface area contributed by atoms with Crippen molar-refractivity contribution in [2.24, 2.45) is 0 Å². The minimum Gasteiger partial charge on any atom is -0.301 e. The number of benzene rings is 3. The number of hydrogen-bond donors (Lipinski definition) is 2. The van der Waals surface area contributed by atoms with Gasteiger partial charge in [0.25, 0.3) is 10.0 Å². The molecule has 0 spiro atoms. The van der Waals surface area contributed by atoms with Crippen LogP contribution < -0.4 is 10.0 Å². The van der Waals surface area contributed by atoms with E-state index < -0.39 is 10.0 Å². The number of amides is 1. The molecule has 1 heterocycles. The number of thiazole rings is 1. The normalized spacial score (nSPS) is 12.4. The first kappa shape index (κ1) is 22.3. The van der Waals surface area contributed by atoms with E-state index in [0.29, 0.717) is 10.8 Å². The van der Waals surface area contributed by atoms with Crippen LogP contribution in [-0.4, -0.2) is 24.6 Å². The van der Waals surface area contributed by atoms with E-state index in [-0.39, 0.29) is 16.1 Å². The summed E-state index contributed by atoms with van der Waals surface area (Å²) in [6.45, 7) is 3.72. The minimum absolute atomic E-state index is 0.141. The first-order valence-corrected chi connectivity index (χ1v) is 13.0. The van der Waals surface area contributed by atoms with E-state index in [9.17, 15) is 13.2 Å². The molecule has 0 aliphatic rings. The third-order valence-electron chi connectivity index (χ3n) is 4.64. The summed E-state index contributed by atoms with van der Waals surface area (Å²) in [5.74, 6) is -0.141. The first-order chi connectivity index (χ1) is 15.3. The number of sulfonamides is 1. The van der Waals surface area contributed by atoms with E-state index in [2.05, 4.69) is 15.0 Å². The Bertz CT molecular complexity index is 1320. The smallest absolute Gasteiger partial charge is 0.261 e. The lowest BCUT2D eigenvalue weighted by Crippen LogP contribution is -2.22. The number of rotatable bonds is 7. The summed E-state index contributed by atoms with van der Waals surface area (Å²) >= 11 is 2.83. The Morgan fingerprint density at radius 2 is 1.69 bits per heavy atom. The molecule has 0 bridgehead atoms. The molecule has 9 heteroatoms. The quantitative estimate of drug-likeness (QED) is 0.338. The van der Waals surface area contributed by atoms with Crippen LogP contribution >= 0.6 is 23.1 Å². The zero-order valence-corrected chi connectivity index (χ0v) is 19.9. The van der Waals surface area contributed by atoms with Gasteiger partial charge in [-0.3, -0.25) is 9.52 Å². The van der Waals surface area contributed by atoms with Crippen LogP contribution in [-0.2, 0) is 14.8 Å². The monoisotopic (exact) mass is 483 g/mol. The lowest BCUT2D eigenvalue weighted by atomic mass is 10.2. The zero-order chi connectivity index (χ0) is 22.7. The molecule has 0 saturated heterocycles. The Labute approximate surface area is 195 Å². The van der Waals surface area contributed by atoms with E-state index in [1.165, 1.54) is 23.1 Å². The summed E-state index contributed by atoms with van der Waals surface area (Å²) in [6.07, 6.45) is 0.